The number of nitrogens with zero attached hydrogens (tertiary/aromatic N) is 2. The highest BCUT2D eigenvalue weighted by atomic mass is 35.5. The van der Waals surface area contributed by atoms with E-state index in [1.165, 1.54) is 23.5 Å². The fourth-order valence-electron chi connectivity index (χ4n) is 5.14. The zero-order chi connectivity index (χ0) is 21.7. The highest BCUT2D eigenvalue weighted by molar-refractivity contribution is 7.16. The standard InChI is InChI=1S/C24H20ClFN2O2S/c25-16-6-3-7-17(26)22(16)14-11-21(30)28(18-8-4-9-19(29)23(14)18)24-15(12-27)13-5-1-2-10-20(13)31-24/h3,6-7,14H,1-2,4-5,8-11H2/t14-/m1/s1. The van der Waals surface area contributed by atoms with Crippen molar-refractivity contribution in [1.82, 2.24) is 0 Å². The molecule has 2 aromatic rings. The SMILES string of the molecule is N#Cc1c(N2C(=O)C[C@H](c3c(F)cccc3Cl)C3=C2CCCC3=O)sc2c1CCCC2. The lowest BCUT2D eigenvalue weighted by Gasteiger charge is -2.38. The molecule has 158 valence electrons. The van der Waals surface area contributed by atoms with Crippen molar-refractivity contribution in [2.45, 2.75) is 57.3 Å². The molecule has 2 heterocycles. The number of fused-ring (bicyclic) bond motifs is 1. The van der Waals surface area contributed by atoms with Crippen LogP contribution in [0, 0.1) is 17.1 Å². The maximum atomic E-state index is 14.8. The number of allylic oxidation sites excluding steroid dienone is 2. The number of benzene rings is 1. The van der Waals surface area contributed by atoms with Crippen LogP contribution in [0.5, 0.6) is 0 Å². The van der Waals surface area contributed by atoms with Crippen molar-refractivity contribution < 1.29 is 14.0 Å². The second kappa shape index (κ2) is 7.89. The van der Waals surface area contributed by atoms with Crippen molar-refractivity contribution in [1.29, 1.82) is 5.26 Å². The molecule has 3 aliphatic rings. The first-order valence-electron chi connectivity index (χ1n) is 10.6. The molecule has 0 saturated carbocycles. The molecule has 1 aliphatic heterocycles. The van der Waals surface area contributed by atoms with E-state index in [1.807, 2.05) is 0 Å². The third-order valence-corrected chi connectivity index (χ3v) is 8.10. The Bertz CT molecular complexity index is 1170. The fraction of sp³-hybridized carbons (Fsp3) is 0.375. The number of thiophene rings is 1. The van der Waals surface area contributed by atoms with Crippen LogP contribution in [-0.4, -0.2) is 11.7 Å². The Labute approximate surface area is 188 Å². The Morgan fingerprint density at radius 1 is 1.13 bits per heavy atom. The number of anilines is 1. The lowest BCUT2D eigenvalue weighted by atomic mass is 9.77. The molecule has 1 aromatic heterocycles. The van der Waals surface area contributed by atoms with Gasteiger partial charge in [0, 0.05) is 45.5 Å². The van der Waals surface area contributed by atoms with Crippen molar-refractivity contribution in [3.8, 4) is 6.07 Å². The molecule has 0 N–H and O–H groups in total. The van der Waals surface area contributed by atoms with E-state index in [4.69, 9.17) is 11.6 Å². The summed E-state index contributed by atoms with van der Waals surface area (Å²) in [5, 5.41) is 10.7. The molecule has 1 atom stereocenters. The summed E-state index contributed by atoms with van der Waals surface area (Å²) in [6.07, 6.45) is 5.37. The molecule has 0 saturated heterocycles. The van der Waals surface area contributed by atoms with Gasteiger partial charge < -0.3 is 0 Å². The van der Waals surface area contributed by atoms with Crippen LogP contribution in [0.3, 0.4) is 0 Å². The lowest BCUT2D eigenvalue weighted by molar-refractivity contribution is -0.119. The summed E-state index contributed by atoms with van der Waals surface area (Å²) in [5.41, 5.74) is 2.91. The molecule has 5 rings (SSSR count). The summed E-state index contributed by atoms with van der Waals surface area (Å²) >= 11 is 7.81. The molecule has 1 amide bonds. The van der Waals surface area contributed by atoms with Gasteiger partial charge in [0.25, 0.3) is 0 Å². The number of amides is 1. The topological polar surface area (TPSA) is 61.2 Å². The van der Waals surface area contributed by atoms with E-state index in [9.17, 15) is 19.2 Å². The molecule has 4 nitrogen and oxygen atoms in total. The average molecular weight is 455 g/mol. The van der Waals surface area contributed by atoms with Gasteiger partial charge in [-0.3, -0.25) is 14.5 Å². The maximum Gasteiger partial charge on any atom is 0.232 e. The zero-order valence-electron chi connectivity index (χ0n) is 16.8. The molecule has 31 heavy (non-hydrogen) atoms. The van der Waals surface area contributed by atoms with Crippen LogP contribution >= 0.6 is 22.9 Å². The third-order valence-electron chi connectivity index (χ3n) is 6.49. The molecule has 0 fully saturated rings. The van der Waals surface area contributed by atoms with Crippen LogP contribution in [0.25, 0.3) is 0 Å². The van der Waals surface area contributed by atoms with Gasteiger partial charge in [-0.25, -0.2) is 4.39 Å². The van der Waals surface area contributed by atoms with Crippen molar-refractivity contribution in [3.63, 3.8) is 0 Å². The predicted octanol–water partition coefficient (Wildman–Crippen LogP) is 5.82. The van der Waals surface area contributed by atoms with Crippen LogP contribution < -0.4 is 4.90 Å². The smallest absolute Gasteiger partial charge is 0.232 e. The van der Waals surface area contributed by atoms with Crippen LogP contribution in [0.15, 0.2) is 29.5 Å². The summed E-state index contributed by atoms with van der Waals surface area (Å²) in [4.78, 5) is 29.3. The summed E-state index contributed by atoms with van der Waals surface area (Å²) < 4.78 is 14.8. The summed E-state index contributed by atoms with van der Waals surface area (Å²) in [6, 6.07) is 6.74. The number of nitriles is 1. The van der Waals surface area contributed by atoms with Crippen LogP contribution in [0.4, 0.5) is 9.39 Å². The molecular formula is C24H20ClFN2O2S. The second-order valence-electron chi connectivity index (χ2n) is 8.26. The van der Waals surface area contributed by atoms with E-state index in [0.29, 0.717) is 41.1 Å². The lowest BCUT2D eigenvalue weighted by Crippen LogP contribution is -2.40. The minimum absolute atomic E-state index is 0.0430. The minimum atomic E-state index is -0.694. The van der Waals surface area contributed by atoms with Crippen molar-refractivity contribution >= 4 is 39.6 Å². The first kappa shape index (κ1) is 20.4. The highest BCUT2D eigenvalue weighted by Gasteiger charge is 2.43. The number of carbonyl (C=O) groups excluding carboxylic acids is 2. The van der Waals surface area contributed by atoms with E-state index in [0.717, 1.165) is 36.1 Å². The number of hydrogen-bond donors (Lipinski definition) is 0. The fourth-order valence-corrected chi connectivity index (χ4v) is 6.82. The van der Waals surface area contributed by atoms with Gasteiger partial charge in [-0.05, 0) is 56.2 Å². The van der Waals surface area contributed by atoms with Crippen molar-refractivity contribution in [2.75, 3.05) is 4.90 Å². The normalized spacial score (nSPS) is 21.1. The van der Waals surface area contributed by atoms with E-state index in [-0.39, 0.29) is 28.7 Å². The molecule has 0 radical (unpaired) electrons. The average Bonchev–Trinajstić information content (AvgIpc) is 3.11. The molecule has 0 unspecified atom stereocenters. The molecule has 1 aromatic carbocycles. The quantitative estimate of drug-likeness (QED) is 0.574. The molecule has 0 bridgehead atoms. The Balaban J connectivity index is 1.71. The monoisotopic (exact) mass is 454 g/mol. The largest absolute Gasteiger partial charge is 0.294 e. The van der Waals surface area contributed by atoms with Gasteiger partial charge in [-0.1, -0.05) is 17.7 Å². The number of Topliss-reactive ketones (excluding diaryl/α,β-unsaturated/α-hetero) is 1. The summed E-state index contributed by atoms with van der Waals surface area (Å²) in [7, 11) is 0. The van der Waals surface area contributed by atoms with E-state index >= 15 is 0 Å². The number of ketones is 1. The Hall–Kier alpha value is -2.49. The Morgan fingerprint density at radius 2 is 1.94 bits per heavy atom. The van der Waals surface area contributed by atoms with Crippen LogP contribution in [0.1, 0.15) is 66.0 Å². The molecular weight excluding hydrogens is 435 g/mol. The number of aryl methyl sites for hydroxylation is 1. The van der Waals surface area contributed by atoms with Gasteiger partial charge in [0.2, 0.25) is 5.91 Å². The number of halogens is 2. The maximum absolute atomic E-state index is 14.8. The summed E-state index contributed by atoms with van der Waals surface area (Å²) in [6.45, 7) is 0. The number of carbonyl (C=O) groups is 2. The van der Waals surface area contributed by atoms with E-state index < -0.39 is 11.7 Å². The first-order valence-corrected chi connectivity index (χ1v) is 11.8. The van der Waals surface area contributed by atoms with Gasteiger partial charge in [0.1, 0.15) is 16.9 Å². The van der Waals surface area contributed by atoms with Gasteiger partial charge in [0.15, 0.2) is 5.78 Å². The Morgan fingerprint density at radius 3 is 2.71 bits per heavy atom. The number of rotatable bonds is 2. The van der Waals surface area contributed by atoms with Crippen LogP contribution in [0.2, 0.25) is 5.02 Å². The third kappa shape index (κ3) is 3.22. The zero-order valence-corrected chi connectivity index (χ0v) is 18.4. The van der Waals surface area contributed by atoms with Crippen LogP contribution in [-0.2, 0) is 22.4 Å². The number of hydrogen-bond acceptors (Lipinski definition) is 4. The van der Waals surface area contributed by atoms with Crippen molar-refractivity contribution in [3.05, 3.63) is 61.9 Å². The molecule has 7 heteroatoms. The minimum Gasteiger partial charge on any atom is -0.294 e. The van der Waals surface area contributed by atoms with Gasteiger partial charge in [-0.15, -0.1) is 11.3 Å². The predicted molar refractivity (Wildman–Crippen MR) is 118 cm³/mol. The van der Waals surface area contributed by atoms with Crippen molar-refractivity contribution in [2.24, 2.45) is 0 Å². The molecule has 0 spiro atoms. The summed E-state index contributed by atoms with van der Waals surface area (Å²) in [5.74, 6) is -1.48. The first-order chi connectivity index (χ1) is 15.0. The van der Waals surface area contributed by atoms with E-state index in [2.05, 4.69) is 6.07 Å². The van der Waals surface area contributed by atoms with Gasteiger partial charge in [0.05, 0.1) is 5.56 Å². The molecule has 2 aliphatic carbocycles. The van der Waals surface area contributed by atoms with Gasteiger partial charge in [-0.2, -0.15) is 5.26 Å². The second-order valence-corrected chi connectivity index (χ2v) is 9.75. The van der Waals surface area contributed by atoms with E-state index in [1.54, 1.807) is 11.0 Å². The highest BCUT2D eigenvalue weighted by Crippen LogP contribution is 2.49. The van der Waals surface area contributed by atoms with Gasteiger partial charge >= 0.3 is 0 Å². The Kier molecular flexibility index (Phi) is 5.19.